The van der Waals surface area contributed by atoms with Gasteiger partial charge in [-0.1, -0.05) is 12.1 Å². The number of carbonyl (C=O) groups is 1. The summed E-state index contributed by atoms with van der Waals surface area (Å²) >= 11 is 2.18. The number of carbonyl (C=O) groups excluding carboxylic acids is 1. The number of aryl methyl sites for hydroxylation is 2. The third-order valence-electron chi connectivity index (χ3n) is 3.96. The Morgan fingerprint density at radius 2 is 2.07 bits per heavy atom. The molecule has 28 heavy (non-hydrogen) atoms. The number of pyridine rings is 1. The van der Waals surface area contributed by atoms with Crippen LogP contribution in [0.3, 0.4) is 0 Å². The number of ether oxygens (including phenoxy) is 1. The minimum atomic E-state index is -0.920. The summed E-state index contributed by atoms with van der Waals surface area (Å²) in [4.78, 5) is 16.5. The molecule has 1 heterocycles. The molecule has 1 aromatic heterocycles. The van der Waals surface area contributed by atoms with Crippen molar-refractivity contribution in [2.75, 3.05) is 17.5 Å². The lowest BCUT2D eigenvalue weighted by Crippen LogP contribution is -2.14. The Balaban J connectivity index is 2.27. The molecule has 1 amide bonds. The average Bonchev–Trinajstić information content (AvgIpc) is 2.64. The molecule has 0 radical (unpaired) electrons. The summed E-state index contributed by atoms with van der Waals surface area (Å²) in [5.41, 5.74) is 4.12. The van der Waals surface area contributed by atoms with Crippen LogP contribution in [0.15, 0.2) is 30.1 Å². The van der Waals surface area contributed by atoms with Crippen LogP contribution in [0.5, 0.6) is 5.88 Å². The van der Waals surface area contributed by atoms with E-state index in [4.69, 9.17) is 10.1 Å². The second kappa shape index (κ2) is 9.93. The van der Waals surface area contributed by atoms with Gasteiger partial charge in [-0.25, -0.2) is 9.37 Å². The quantitative estimate of drug-likeness (QED) is 0.200. The van der Waals surface area contributed by atoms with Crippen molar-refractivity contribution < 1.29 is 13.9 Å². The van der Waals surface area contributed by atoms with E-state index in [1.807, 2.05) is 0 Å². The number of nitrogens with one attached hydrogen (secondary N) is 3. The smallest absolute Gasteiger partial charge is 0.284 e. The van der Waals surface area contributed by atoms with Crippen molar-refractivity contribution in [2.45, 2.75) is 20.8 Å². The molecule has 0 aliphatic carbocycles. The summed E-state index contributed by atoms with van der Waals surface area (Å²) in [6.07, 6.45) is 1.57. The maximum Gasteiger partial charge on any atom is 0.284 e. The zero-order valence-corrected chi connectivity index (χ0v) is 19.1. The lowest BCUT2D eigenvalue weighted by molar-refractivity contribution is -0.114. The molecule has 0 saturated heterocycles. The molecule has 6 nitrogen and oxygen atoms in total. The van der Waals surface area contributed by atoms with Gasteiger partial charge in [-0.05, 0) is 66.1 Å². The maximum atomic E-state index is 14.5. The first-order chi connectivity index (χ1) is 13.3. The van der Waals surface area contributed by atoms with Crippen molar-refractivity contribution in [3.05, 3.63) is 52.5 Å². The van der Waals surface area contributed by atoms with Crippen molar-refractivity contribution in [2.24, 2.45) is 0 Å². The van der Waals surface area contributed by atoms with E-state index in [-0.39, 0.29) is 0 Å². The second-order valence-corrected chi connectivity index (χ2v) is 8.09. The van der Waals surface area contributed by atoms with Crippen molar-refractivity contribution in [3.63, 3.8) is 0 Å². The molecule has 9 heteroatoms. The van der Waals surface area contributed by atoms with E-state index in [9.17, 15) is 9.18 Å². The number of rotatable bonds is 7. The maximum absolute atomic E-state index is 14.5. The van der Waals surface area contributed by atoms with E-state index < -0.39 is 11.7 Å². The Labute approximate surface area is 178 Å². The van der Waals surface area contributed by atoms with Crippen LogP contribution in [0, 0.1) is 19.3 Å². The normalized spacial score (nSPS) is 11.6. The average molecular weight is 514 g/mol. The van der Waals surface area contributed by atoms with E-state index in [1.54, 1.807) is 45.0 Å². The van der Waals surface area contributed by atoms with Crippen LogP contribution in [0.4, 0.5) is 15.8 Å². The summed E-state index contributed by atoms with van der Waals surface area (Å²) in [6, 6.07) is 6.80. The van der Waals surface area contributed by atoms with E-state index >= 15 is 0 Å². The number of anilines is 2. The summed E-state index contributed by atoms with van der Waals surface area (Å²) in [6.45, 7) is 5.19. The molecule has 1 atom stereocenters. The Morgan fingerprint density at radius 1 is 1.36 bits per heavy atom. The molecule has 0 fully saturated rings. The Morgan fingerprint density at radius 3 is 2.64 bits per heavy atom. The van der Waals surface area contributed by atoms with Crippen LogP contribution in [-0.2, 0) is 4.79 Å². The first kappa shape index (κ1) is 22.2. The molecule has 3 N–H and O–H groups in total. The summed E-state index contributed by atoms with van der Waals surface area (Å²) in [5, 5.41) is 13.6. The van der Waals surface area contributed by atoms with E-state index in [0.717, 1.165) is 16.8 Å². The molecule has 0 bridgehead atoms. The first-order valence-electron chi connectivity index (χ1n) is 8.28. The van der Waals surface area contributed by atoms with Crippen LogP contribution < -0.4 is 15.1 Å². The highest BCUT2D eigenvalue weighted by Gasteiger charge is 2.15. The SMILES string of the molecule is COc1cc(C)c(NC(=O)/C(F)=C/c2ccc(C(C)=N)c(NPI)c2)c(C)n1. The molecule has 148 valence electrons. The van der Waals surface area contributed by atoms with Crippen molar-refractivity contribution in [3.8, 4) is 5.88 Å². The molecule has 2 aromatic rings. The number of methoxy groups -OCH3 is 1. The molecule has 0 spiro atoms. The van der Waals surface area contributed by atoms with Crippen molar-refractivity contribution >= 4 is 57.5 Å². The third-order valence-corrected chi connectivity index (χ3v) is 5.13. The van der Waals surface area contributed by atoms with Gasteiger partial charge in [0.25, 0.3) is 5.91 Å². The molecular weight excluding hydrogens is 493 g/mol. The molecule has 0 aliphatic heterocycles. The molecule has 2 rings (SSSR count). The standard InChI is InChI=1S/C19H21FIN4O2P/c1-10-7-17(27-4)23-12(3)18(10)24-19(26)15(20)8-13-5-6-14(11(2)22)16(9-13)25-28-21/h5-9,22,25,28H,1-4H3,(H,24,26)/b15-8-,22-11?. The minimum Gasteiger partial charge on any atom is -0.481 e. The van der Waals surface area contributed by atoms with Crippen LogP contribution in [0.2, 0.25) is 0 Å². The Hall–Kier alpha value is -2.06. The van der Waals surface area contributed by atoms with Gasteiger partial charge in [0.1, 0.15) is 0 Å². The van der Waals surface area contributed by atoms with Crippen LogP contribution >= 0.6 is 28.4 Å². The van der Waals surface area contributed by atoms with Gasteiger partial charge in [0.05, 0.1) is 18.5 Å². The van der Waals surface area contributed by atoms with Gasteiger partial charge >= 0.3 is 0 Å². The van der Waals surface area contributed by atoms with Gasteiger partial charge < -0.3 is 20.6 Å². The molecule has 0 aliphatic rings. The zero-order chi connectivity index (χ0) is 20.8. The van der Waals surface area contributed by atoms with E-state index in [2.05, 4.69) is 37.4 Å². The molecule has 0 saturated carbocycles. The highest BCUT2D eigenvalue weighted by atomic mass is 127. The van der Waals surface area contributed by atoms with Crippen LogP contribution in [0.25, 0.3) is 6.08 Å². The highest BCUT2D eigenvalue weighted by molar-refractivity contribution is 14.2. The van der Waals surface area contributed by atoms with Crippen molar-refractivity contribution in [1.29, 1.82) is 5.41 Å². The summed E-state index contributed by atoms with van der Waals surface area (Å²) < 4.78 is 19.6. The largest absolute Gasteiger partial charge is 0.481 e. The fourth-order valence-electron chi connectivity index (χ4n) is 2.61. The van der Waals surface area contributed by atoms with Crippen molar-refractivity contribution in [1.82, 2.24) is 4.98 Å². The zero-order valence-electron chi connectivity index (χ0n) is 15.9. The van der Waals surface area contributed by atoms with E-state index in [1.165, 1.54) is 13.2 Å². The van der Waals surface area contributed by atoms with Gasteiger partial charge in [0, 0.05) is 29.4 Å². The number of hydrogen-bond donors (Lipinski definition) is 3. The molecule has 1 unspecified atom stereocenters. The summed E-state index contributed by atoms with van der Waals surface area (Å²) in [5.74, 6) is -1.34. The van der Waals surface area contributed by atoms with Crippen LogP contribution in [-0.4, -0.2) is 23.7 Å². The number of amides is 1. The second-order valence-electron chi connectivity index (χ2n) is 6.04. The monoisotopic (exact) mass is 514 g/mol. The topological polar surface area (TPSA) is 87.1 Å². The number of aromatic nitrogens is 1. The predicted octanol–water partition coefficient (Wildman–Crippen LogP) is 5.40. The van der Waals surface area contributed by atoms with E-state index in [0.29, 0.717) is 34.9 Å². The van der Waals surface area contributed by atoms with Gasteiger partial charge in [-0.15, -0.1) is 0 Å². The first-order valence-corrected chi connectivity index (χ1v) is 12.4. The Bertz CT molecular complexity index is 927. The van der Waals surface area contributed by atoms with Gasteiger partial charge in [0.2, 0.25) is 5.88 Å². The summed E-state index contributed by atoms with van der Waals surface area (Å²) in [7, 11) is 1.51. The fraction of sp³-hybridized carbons (Fsp3) is 0.211. The lowest BCUT2D eigenvalue weighted by atomic mass is 10.1. The molecule has 1 aromatic carbocycles. The number of benzene rings is 1. The number of hydrogen-bond acceptors (Lipinski definition) is 5. The predicted molar refractivity (Wildman–Crippen MR) is 123 cm³/mol. The fourth-order valence-corrected chi connectivity index (χ4v) is 3.79. The lowest BCUT2D eigenvalue weighted by Gasteiger charge is -2.12. The Kier molecular flexibility index (Phi) is 7.88. The number of halogens is 2. The van der Waals surface area contributed by atoms with Crippen LogP contribution in [0.1, 0.15) is 29.3 Å². The number of nitrogens with zero attached hydrogens (tertiary/aromatic N) is 1. The minimum absolute atomic E-state index is 0.401. The van der Waals surface area contributed by atoms with Gasteiger partial charge in [-0.3, -0.25) is 4.79 Å². The van der Waals surface area contributed by atoms with Gasteiger partial charge in [0.15, 0.2) is 5.83 Å². The highest BCUT2D eigenvalue weighted by Crippen LogP contribution is 2.29. The third kappa shape index (κ3) is 5.48. The van der Waals surface area contributed by atoms with Gasteiger partial charge in [-0.2, -0.15) is 0 Å². The molecular formula is C19H21FIN4O2P.